The number of hydrogen-bond donors (Lipinski definition) is 1. The zero-order valence-corrected chi connectivity index (χ0v) is 20.8. The largest absolute Gasteiger partial charge is 0.353 e. The zero-order chi connectivity index (χ0) is 23.4. The fraction of sp³-hybridized carbons (Fsp3) is 0.607. The van der Waals surface area contributed by atoms with Crippen molar-refractivity contribution >= 4 is 5.91 Å². The van der Waals surface area contributed by atoms with Crippen molar-refractivity contribution in [2.45, 2.75) is 85.9 Å². The Kier molecular flexibility index (Phi) is 11.2. The van der Waals surface area contributed by atoms with Crippen LogP contribution in [0.15, 0.2) is 58.7 Å². The summed E-state index contributed by atoms with van der Waals surface area (Å²) in [6, 6.07) is 0. The summed E-state index contributed by atoms with van der Waals surface area (Å²) in [5.74, 6) is -0.0661. The number of carbonyl (C=O) groups is 1. The quantitative estimate of drug-likeness (QED) is 0.237. The Morgan fingerprint density at radius 1 is 1.19 bits per heavy atom. The summed E-state index contributed by atoms with van der Waals surface area (Å²) < 4.78 is 11.2. The van der Waals surface area contributed by atoms with Gasteiger partial charge in [-0.25, -0.2) is 0 Å². The van der Waals surface area contributed by atoms with E-state index in [4.69, 9.17) is 9.47 Å². The van der Waals surface area contributed by atoms with Crippen LogP contribution in [0, 0.1) is 5.41 Å². The second-order valence-corrected chi connectivity index (χ2v) is 9.73. The summed E-state index contributed by atoms with van der Waals surface area (Å²) in [5.41, 5.74) is 5.37. The minimum Gasteiger partial charge on any atom is -0.353 e. The fourth-order valence-electron chi connectivity index (χ4n) is 4.28. The standard InChI is InChI=1S/C28H43NO3/c1-22(15-16-25-24(3)13-9-17-28(25,4)5)11-8-12-23(2)21-26(30)29-18-10-20-32-27-14-6-7-19-31-27/h8,11-12,15-16,21,27H,6-7,9-10,13-14,17-20H2,1-5H3,(H,29,30). The molecule has 1 aliphatic heterocycles. The number of allylic oxidation sites excluding steroid dienone is 9. The van der Waals surface area contributed by atoms with Gasteiger partial charge in [-0.3, -0.25) is 4.79 Å². The molecule has 32 heavy (non-hydrogen) atoms. The number of carbonyl (C=O) groups excluding carboxylic acids is 1. The first-order valence-corrected chi connectivity index (χ1v) is 12.2. The molecule has 0 saturated carbocycles. The number of nitrogens with one attached hydrogen (secondary N) is 1. The van der Waals surface area contributed by atoms with Crippen molar-refractivity contribution in [2.75, 3.05) is 19.8 Å². The van der Waals surface area contributed by atoms with E-state index in [0.717, 1.165) is 31.4 Å². The van der Waals surface area contributed by atoms with Crippen LogP contribution in [0.3, 0.4) is 0 Å². The number of hydrogen-bond acceptors (Lipinski definition) is 3. The minimum absolute atomic E-state index is 0.0620. The van der Waals surface area contributed by atoms with Gasteiger partial charge in [-0.1, -0.05) is 55.4 Å². The van der Waals surface area contributed by atoms with E-state index in [0.29, 0.717) is 13.2 Å². The Morgan fingerprint density at radius 2 is 2.00 bits per heavy atom. The molecule has 2 aliphatic rings. The first-order chi connectivity index (χ1) is 15.3. The van der Waals surface area contributed by atoms with E-state index in [-0.39, 0.29) is 17.6 Å². The van der Waals surface area contributed by atoms with Gasteiger partial charge in [-0.2, -0.15) is 0 Å². The van der Waals surface area contributed by atoms with Gasteiger partial charge in [-0.15, -0.1) is 0 Å². The lowest BCUT2D eigenvalue weighted by Gasteiger charge is -2.32. The fourth-order valence-corrected chi connectivity index (χ4v) is 4.28. The summed E-state index contributed by atoms with van der Waals surface area (Å²) in [4.78, 5) is 12.1. The number of amides is 1. The second kappa shape index (κ2) is 13.6. The Labute approximate surface area is 195 Å². The van der Waals surface area contributed by atoms with Gasteiger partial charge in [0.1, 0.15) is 0 Å². The molecule has 0 aromatic rings. The molecule has 1 N–H and O–H groups in total. The summed E-state index contributed by atoms with van der Waals surface area (Å²) in [6.07, 6.45) is 19.9. The third kappa shape index (κ3) is 9.70. The van der Waals surface area contributed by atoms with Crippen molar-refractivity contribution in [1.29, 1.82) is 0 Å². The van der Waals surface area contributed by atoms with E-state index in [9.17, 15) is 4.79 Å². The van der Waals surface area contributed by atoms with Crippen LogP contribution >= 0.6 is 0 Å². The second-order valence-electron chi connectivity index (χ2n) is 9.73. The monoisotopic (exact) mass is 441 g/mol. The highest BCUT2D eigenvalue weighted by Gasteiger charge is 2.26. The molecule has 1 aliphatic carbocycles. The molecular formula is C28H43NO3. The molecule has 0 bridgehead atoms. The van der Waals surface area contributed by atoms with Crippen LogP contribution in [0.25, 0.3) is 0 Å². The van der Waals surface area contributed by atoms with E-state index in [1.165, 1.54) is 42.4 Å². The Morgan fingerprint density at radius 3 is 2.72 bits per heavy atom. The van der Waals surface area contributed by atoms with E-state index < -0.39 is 0 Å². The lowest BCUT2D eigenvalue weighted by Crippen LogP contribution is -2.26. The average molecular weight is 442 g/mol. The van der Waals surface area contributed by atoms with Gasteiger partial charge < -0.3 is 14.8 Å². The highest BCUT2D eigenvalue weighted by Crippen LogP contribution is 2.40. The Balaban J connectivity index is 1.72. The van der Waals surface area contributed by atoms with Crippen molar-refractivity contribution in [3.63, 3.8) is 0 Å². The van der Waals surface area contributed by atoms with E-state index in [1.54, 1.807) is 6.08 Å². The van der Waals surface area contributed by atoms with Crippen molar-refractivity contribution in [2.24, 2.45) is 5.41 Å². The molecule has 2 rings (SSSR count). The predicted octanol–water partition coefficient (Wildman–Crippen LogP) is 6.57. The van der Waals surface area contributed by atoms with Gasteiger partial charge in [0, 0.05) is 19.2 Å². The zero-order valence-electron chi connectivity index (χ0n) is 20.8. The van der Waals surface area contributed by atoms with Crippen LogP contribution in [0.4, 0.5) is 0 Å². The SMILES string of the molecule is CC(C=CC1=C(C)CCCC1(C)C)=CC=CC(C)=CC(=O)NCCCOC1CCCCO1. The molecule has 1 saturated heterocycles. The van der Waals surface area contributed by atoms with Crippen LogP contribution in [0.1, 0.15) is 79.6 Å². The molecule has 0 radical (unpaired) electrons. The molecular weight excluding hydrogens is 398 g/mol. The molecule has 1 unspecified atom stereocenters. The Bertz CT molecular complexity index is 762. The van der Waals surface area contributed by atoms with Crippen LogP contribution in [-0.2, 0) is 14.3 Å². The van der Waals surface area contributed by atoms with E-state index in [2.05, 4.69) is 51.2 Å². The average Bonchev–Trinajstić information content (AvgIpc) is 2.73. The summed E-state index contributed by atoms with van der Waals surface area (Å²) >= 11 is 0. The maximum absolute atomic E-state index is 12.1. The van der Waals surface area contributed by atoms with Gasteiger partial charge >= 0.3 is 0 Å². The van der Waals surface area contributed by atoms with Crippen molar-refractivity contribution < 1.29 is 14.3 Å². The van der Waals surface area contributed by atoms with E-state index >= 15 is 0 Å². The van der Waals surface area contributed by atoms with Crippen molar-refractivity contribution in [3.05, 3.63) is 58.7 Å². The maximum atomic E-state index is 12.1. The van der Waals surface area contributed by atoms with E-state index in [1.807, 2.05) is 19.1 Å². The van der Waals surface area contributed by atoms with Crippen LogP contribution in [0.5, 0.6) is 0 Å². The lowest BCUT2D eigenvalue weighted by molar-refractivity contribution is -0.162. The molecule has 1 heterocycles. The topological polar surface area (TPSA) is 47.6 Å². The van der Waals surface area contributed by atoms with Gasteiger partial charge in [0.05, 0.1) is 6.61 Å². The molecule has 1 amide bonds. The van der Waals surface area contributed by atoms with Crippen LogP contribution in [0.2, 0.25) is 0 Å². The molecule has 178 valence electrons. The molecule has 0 aromatic heterocycles. The molecule has 1 atom stereocenters. The summed E-state index contributed by atoms with van der Waals surface area (Å²) in [7, 11) is 0. The van der Waals surface area contributed by atoms with Gasteiger partial charge in [0.15, 0.2) is 6.29 Å². The number of ether oxygens (including phenoxy) is 2. The van der Waals surface area contributed by atoms with Gasteiger partial charge in [-0.05, 0) is 82.3 Å². The molecule has 4 heteroatoms. The summed E-state index contributed by atoms with van der Waals surface area (Å²) in [6.45, 7) is 13.0. The first-order valence-electron chi connectivity index (χ1n) is 12.2. The van der Waals surface area contributed by atoms with Crippen LogP contribution < -0.4 is 5.32 Å². The van der Waals surface area contributed by atoms with Gasteiger partial charge in [0.25, 0.3) is 0 Å². The first kappa shape index (κ1) is 26.3. The minimum atomic E-state index is -0.0661. The highest BCUT2D eigenvalue weighted by molar-refractivity contribution is 5.88. The predicted molar refractivity (Wildman–Crippen MR) is 133 cm³/mol. The smallest absolute Gasteiger partial charge is 0.244 e. The highest BCUT2D eigenvalue weighted by atomic mass is 16.7. The molecule has 4 nitrogen and oxygen atoms in total. The Hall–Kier alpha value is -1.91. The summed E-state index contributed by atoms with van der Waals surface area (Å²) in [5, 5.41) is 2.92. The van der Waals surface area contributed by atoms with Crippen molar-refractivity contribution in [3.8, 4) is 0 Å². The normalized spacial score (nSPS) is 22.7. The van der Waals surface area contributed by atoms with Gasteiger partial charge in [0.2, 0.25) is 5.91 Å². The lowest BCUT2D eigenvalue weighted by atomic mass is 9.72. The molecule has 0 aromatic carbocycles. The number of rotatable bonds is 10. The molecule has 1 fully saturated rings. The molecule has 0 spiro atoms. The van der Waals surface area contributed by atoms with Crippen molar-refractivity contribution in [1.82, 2.24) is 5.32 Å². The third-order valence-corrected chi connectivity index (χ3v) is 6.19. The van der Waals surface area contributed by atoms with Crippen LogP contribution in [-0.4, -0.2) is 32.0 Å². The third-order valence-electron chi connectivity index (χ3n) is 6.19. The maximum Gasteiger partial charge on any atom is 0.244 e.